The summed E-state index contributed by atoms with van der Waals surface area (Å²) in [6.45, 7) is 0.630. The van der Waals surface area contributed by atoms with Crippen LogP contribution in [0.25, 0.3) is 0 Å². The minimum atomic E-state index is -0.244. The molecule has 0 aromatic heterocycles. The summed E-state index contributed by atoms with van der Waals surface area (Å²) in [4.78, 5) is 26.4. The fraction of sp³-hybridized carbons (Fsp3) is 0.263. The predicted octanol–water partition coefficient (Wildman–Crippen LogP) is 2.40. The number of nitrogens with zero attached hydrogens (tertiary/aromatic N) is 1. The minimum absolute atomic E-state index is 0.0234. The summed E-state index contributed by atoms with van der Waals surface area (Å²) < 4.78 is 5.26. The molecule has 3 rings (SSSR count). The third kappa shape index (κ3) is 3.40. The Morgan fingerprint density at radius 2 is 1.96 bits per heavy atom. The molecular formula is C19H20N2O3. The third-order valence-corrected chi connectivity index (χ3v) is 4.15. The van der Waals surface area contributed by atoms with E-state index in [0.717, 1.165) is 29.8 Å². The normalized spacial score (nSPS) is 13.1. The molecule has 0 spiro atoms. The number of amides is 2. The lowest BCUT2D eigenvalue weighted by molar-refractivity contribution is -0.117. The second-order valence-corrected chi connectivity index (χ2v) is 5.69. The molecule has 0 bridgehead atoms. The quantitative estimate of drug-likeness (QED) is 0.939. The topological polar surface area (TPSA) is 58.6 Å². The minimum Gasteiger partial charge on any atom is -0.497 e. The maximum Gasteiger partial charge on any atom is 0.251 e. The van der Waals surface area contributed by atoms with Gasteiger partial charge in [-0.2, -0.15) is 0 Å². The van der Waals surface area contributed by atoms with Gasteiger partial charge in [0.1, 0.15) is 5.75 Å². The summed E-state index contributed by atoms with van der Waals surface area (Å²) >= 11 is 0. The summed E-state index contributed by atoms with van der Waals surface area (Å²) in [6.07, 6.45) is 1.86. The number of hydrogen-bond donors (Lipinski definition) is 1. The highest BCUT2D eigenvalue weighted by molar-refractivity contribution is 6.01. The van der Waals surface area contributed by atoms with Crippen molar-refractivity contribution in [3.63, 3.8) is 0 Å². The van der Waals surface area contributed by atoms with Crippen molar-refractivity contribution >= 4 is 17.5 Å². The molecule has 1 heterocycles. The Labute approximate surface area is 141 Å². The number of aryl methyl sites for hydroxylation is 1. The van der Waals surface area contributed by atoms with Gasteiger partial charge in [0.2, 0.25) is 5.91 Å². The Bertz CT molecular complexity index is 744. The van der Waals surface area contributed by atoms with Crippen LogP contribution < -0.4 is 15.0 Å². The van der Waals surface area contributed by atoms with Crippen LogP contribution in [0.1, 0.15) is 22.3 Å². The standard InChI is InChI=1S/C19H20N2O3/c1-24-16-10-9-14-8-5-11-21(17(14)12-16)18(22)13-20-19(23)15-6-3-2-4-7-15/h2-4,6-7,9-10,12H,5,8,11,13H2,1H3,(H,20,23). The molecular weight excluding hydrogens is 304 g/mol. The van der Waals surface area contributed by atoms with Crippen LogP contribution in [0.15, 0.2) is 48.5 Å². The van der Waals surface area contributed by atoms with Crippen LogP contribution in [0.5, 0.6) is 5.75 Å². The zero-order valence-corrected chi connectivity index (χ0v) is 13.6. The fourth-order valence-electron chi connectivity index (χ4n) is 2.88. The molecule has 0 unspecified atom stereocenters. The van der Waals surface area contributed by atoms with Gasteiger partial charge in [-0.15, -0.1) is 0 Å². The molecule has 2 amide bonds. The lowest BCUT2D eigenvalue weighted by Gasteiger charge is -2.30. The number of anilines is 1. The number of rotatable bonds is 4. The van der Waals surface area contributed by atoms with Gasteiger partial charge in [0, 0.05) is 18.2 Å². The molecule has 2 aromatic carbocycles. The summed E-state index contributed by atoms with van der Waals surface area (Å²) in [5.74, 6) is 0.363. The monoisotopic (exact) mass is 324 g/mol. The predicted molar refractivity (Wildman–Crippen MR) is 92.4 cm³/mol. The van der Waals surface area contributed by atoms with Gasteiger partial charge in [0.15, 0.2) is 0 Å². The summed E-state index contributed by atoms with van der Waals surface area (Å²) in [5.41, 5.74) is 2.55. The summed E-state index contributed by atoms with van der Waals surface area (Å²) in [5, 5.41) is 2.69. The smallest absolute Gasteiger partial charge is 0.251 e. The van der Waals surface area contributed by atoms with Crippen LogP contribution in [0, 0.1) is 0 Å². The van der Waals surface area contributed by atoms with Crippen molar-refractivity contribution < 1.29 is 14.3 Å². The zero-order valence-electron chi connectivity index (χ0n) is 13.6. The molecule has 1 aliphatic rings. The maximum absolute atomic E-state index is 12.6. The lowest BCUT2D eigenvalue weighted by atomic mass is 10.0. The van der Waals surface area contributed by atoms with Crippen LogP contribution in [-0.4, -0.2) is 32.0 Å². The van der Waals surface area contributed by atoms with E-state index in [1.54, 1.807) is 36.3 Å². The lowest BCUT2D eigenvalue weighted by Crippen LogP contribution is -2.42. The summed E-state index contributed by atoms with van der Waals surface area (Å²) in [6, 6.07) is 14.7. The molecule has 0 aliphatic carbocycles. The average molecular weight is 324 g/mol. The van der Waals surface area contributed by atoms with Gasteiger partial charge in [0.05, 0.1) is 19.3 Å². The first-order chi connectivity index (χ1) is 11.7. The largest absolute Gasteiger partial charge is 0.497 e. The average Bonchev–Trinajstić information content (AvgIpc) is 2.65. The SMILES string of the molecule is COc1ccc2c(c1)N(C(=O)CNC(=O)c1ccccc1)CCC2. The number of fused-ring (bicyclic) bond motifs is 1. The molecule has 2 aromatic rings. The Balaban J connectivity index is 1.69. The highest BCUT2D eigenvalue weighted by Gasteiger charge is 2.23. The van der Waals surface area contributed by atoms with Crippen LogP contribution in [0.3, 0.4) is 0 Å². The molecule has 5 heteroatoms. The Kier molecular flexibility index (Phi) is 4.79. The van der Waals surface area contributed by atoms with Gasteiger partial charge in [-0.1, -0.05) is 24.3 Å². The number of carbonyl (C=O) groups is 2. The maximum atomic E-state index is 12.6. The first-order valence-electron chi connectivity index (χ1n) is 7.99. The Morgan fingerprint density at radius 1 is 1.17 bits per heavy atom. The van der Waals surface area contributed by atoms with Gasteiger partial charge in [-0.3, -0.25) is 9.59 Å². The van der Waals surface area contributed by atoms with Crippen LogP contribution >= 0.6 is 0 Å². The fourth-order valence-corrected chi connectivity index (χ4v) is 2.88. The second-order valence-electron chi connectivity index (χ2n) is 5.69. The van der Waals surface area contributed by atoms with Crippen molar-refractivity contribution in [3.05, 3.63) is 59.7 Å². The highest BCUT2D eigenvalue weighted by Crippen LogP contribution is 2.30. The van der Waals surface area contributed by atoms with Crippen LogP contribution in [-0.2, 0) is 11.2 Å². The van der Waals surface area contributed by atoms with Gasteiger partial charge >= 0.3 is 0 Å². The molecule has 0 atom stereocenters. The third-order valence-electron chi connectivity index (χ3n) is 4.15. The van der Waals surface area contributed by atoms with Crippen LogP contribution in [0.4, 0.5) is 5.69 Å². The first-order valence-corrected chi connectivity index (χ1v) is 7.99. The first kappa shape index (κ1) is 16.1. The van der Waals surface area contributed by atoms with E-state index < -0.39 is 0 Å². The molecule has 24 heavy (non-hydrogen) atoms. The van der Waals surface area contributed by atoms with Crippen molar-refractivity contribution in [2.24, 2.45) is 0 Å². The number of benzene rings is 2. The van der Waals surface area contributed by atoms with E-state index in [0.29, 0.717) is 12.1 Å². The Hall–Kier alpha value is -2.82. The molecule has 1 N–H and O–H groups in total. The molecule has 0 saturated heterocycles. The molecule has 0 fully saturated rings. The van der Waals surface area contributed by atoms with Gasteiger partial charge in [0.25, 0.3) is 5.91 Å². The molecule has 124 valence electrons. The number of nitrogens with one attached hydrogen (secondary N) is 1. The van der Waals surface area contributed by atoms with E-state index in [1.165, 1.54) is 0 Å². The van der Waals surface area contributed by atoms with Crippen molar-refractivity contribution in [1.29, 1.82) is 0 Å². The van der Waals surface area contributed by atoms with Crippen LogP contribution in [0.2, 0.25) is 0 Å². The molecule has 0 radical (unpaired) electrons. The summed E-state index contributed by atoms with van der Waals surface area (Å²) in [7, 11) is 1.61. The van der Waals surface area contributed by atoms with Gasteiger partial charge < -0.3 is 15.0 Å². The van der Waals surface area contributed by atoms with E-state index in [2.05, 4.69) is 5.32 Å². The highest BCUT2D eigenvalue weighted by atomic mass is 16.5. The van der Waals surface area contributed by atoms with Gasteiger partial charge in [-0.05, 0) is 36.6 Å². The van der Waals surface area contributed by atoms with E-state index >= 15 is 0 Å². The number of methoxy groups -OCH3 is 1. The molecule has 1 aliphatic heterocycles. The van der Waals surface area contributed by atoms with Crippen molar-refractivity contribution in [2.75, 3.05) is 25.1 Å². The molecule has 5 nitrogen and oxygen atoms in total. The van der Waals surface area contributed by atoms with Crippen molar-refractivity contribution in [3.8, 4) is 5.75 Å². The van der Waals surface area contributed by atoms with Crippen molar-refractivity contribution in [2.45, 2.75) is 12.8 Å². The molecule has 0 saturated carbocycles. The van der Waals surface area contributed by atoms with E-state index in [4.69, 9.17) is 4.74 Å². The van der Waals surface area contributed by atoms with Crippen molar-refractivity contribution in [1.82, 2.24) is 5.32 Å². The second kappa shape index (κ2) is 7.17. The Morgan fingerprint density at radius 3 is 2.71 bits per heavy atom. The van der Waals surface area contributed by atoms with E-state index in [9.17, 15) is 9.59 Å². The number of hydrogen-bond acceptors (Lipinski definition) is 3. The zero-order chi connectivity index (χ0) is 16.9. The van der Waals surface area contributed by atoms with E-state index in [1.807, 2.05) is 24.3 Å². The number of ether oxygens (including phenoxy) is 1. The number of carbonyl (C=O) groups excluding carboxylic acids is 2. The van der Waals surface area contributed by atoms with Gasteiger partial charge in [-0.25, -0.2) is 0 Å². The van der Waals surface area contributed by atoms with E-state index in [-0.39, 0.29) is 18.4 Å².